The zero-order chi connectivity index (χ0) is 19.9. The number of anilines is 2. The number of ketones is 1. The van der Waals surface area contributed by atoms with Crippen LogP contribution in [0.2, 0.25) is 0 Å². The summed E-state index contributed by atoms with van der Waals surface area (Å²) in [4.78, 5) is 28.1. The molecule has 2 aliphatic rings. The lowest BCUT2D eigenvalue weighted by Gasteiger charge is -2.36. The Kier molecular flexibility index (Phi) is 4.46. The number of para-hydroxylation sites is 2. The second-order valence-electron chi connectivity index (χ2n) is 8.21. The molecule has 4 rings (SSSR count). The van der Waals surface area contributed by atoms with Crippen LogP contribution >= 0.6 is 0 Å². The molecule has 1 aliphatic carbocycles. The van der Waals surface area contributed by atoms with Gasteiger partial charge in [0.2, 0.25) is 0 Å². The summed E-state index contributed by atoms with van der Waals surface area (Å²) in [5.74, 6) is 0.0920. The molecule has 0 saturated heterocycles. The number of carbonyl (C=O) groups excluding carboxylic acids is 2. The third-order valence-corrected chi connectivity index (χ3v) is 5.45. The van der Waals surface area contributed by atoms with Crippen LogP contribution in [-0.4, -0.2) is 18.9 Å². The predicted octanol–water partition coefficient (Wildman–Crippen LogP) is 4.64. The van der Waals surface area contributed by atoms with Crippen LogP contribution in [0.3, 0.4) is 0 Å². The maximum absolute atomic E-state index is 13.3. The van der Waals surface area contributed by atoms with Crippen LogP contribution in [0.1, 0.15) is 38.3 Å². The number of hydrogen-bond donors (Lipinski definition) is 2. The van der Waals surface area contributed by atoms with E-state index in [1.165, 1.54) is 0 Å². The standard InChI is InChI=1S/C23H25N3O2/c1-23(2)13-17-20(19(27)14-23)21(15-9-5-4-6-10-15)26(22(28)24-3)18-12-8-7-11-16(18)25-17/h4-12,21,25H,13-14H2,1-3H3,(H,24,28)/t21-/m1/s1. The normalized spacial score (nSPS) is 20.6. The number of nitrogens with one attached hydrogen (secondary N) is 2. The van der Waals surface area contributed by atoms with Gasteiger partial charge in [-0.2, -0.15) is 0 Å². The third kappa shape index (κ3) is 3.07. The number of amides is 2. The van der Waals surface area contributed by atoms with Crippen molar-refractivity contribution in [1.82, 2.24) is 5.32 Å². The van der Waals surface area contributed by atoms with Crippen molar-refractivity contribution in [2.75, 3.05) is 17.3 Å². The van der Waals surface area contributed by atoms with E-state index in [4.69, 9.17) is 0 Å². The summed E-state index contributed by atoms with van der Waals surface area (Å²) >= 11 is 0. The molecule has 144 valence electrons. The van der Waals surface area contributed by atoms with Crippen molar-refractivity contribution in [2.45, 2.75) is 32.7 Å². The van der Waals surface area contributed by atoms with Gasteiger partial charge in [-0.25, -0.2) is 4.79 Å². The van der Waals surface area contributed by atoms with E-state index in [0.717, 1.165) is 29.1 Å². The minimum atomic E-state index is -0.476. The van der Waals surface area contributed by atoms with Gasteiger partial charge in [-0.15, -0.1) is 0 Å². The number of allylic oxidation sites excluding steroid dienone is 1. The number of rotatable bonds is 1. The predicted molar refractivity (Wildman–Crippen MR) is 111 cm³/mol. The van der Waals surface area contributed by atoms with Crippen molar-refractivity contribution in [2.24, 2.45) is 5.41 Å². The Bertz CT molecular complexity index is 963. The number of carbonyl (C=O) groups is 2. The van der Waals surface area contributed by atoms with Crippen LogP contribution in [0.15, 0.2) is 65.9 Å². The number of fused-ring (bicyclic) bond motifs is 1. The average Bonchev–Trinajstić information content (AvgIpc) is 2.81. The molecule has 0 aromatic heterocycles. The molecule has 2 amide bonds. The Balaban J connectivity index is 2.01. The van der Waals surface area contributed by atoms with Crippen molar-refractivity contribution in [3.05, 3.63) is 71.4 Å². The molecule has 5 heteroatoms. The molecule has 0 unspecified atom stereocenters. The highest BCUT2D eigenvalue weighted by molar-refractivity contribution is 6.05. The summed E-state index contributed by atoms with van der Waals surface area (Å²) in [6, 6.07) is 16.8. The van der Waals surface area contributed by atoms with Crippen molar-refractivity contribution < 1.29 is 9.59 Å². The fourth-order valence-corrected chi connectivity index (χ4v) is 4.28. The first kappa shape index (κ1) is 18.3. The van der Waals surface area contributed by atoms with Crippen LogP contribution in [0.25, 0.3) is 0 Å². The van der Waals surface area contributed by atoms with Crippen molar-refractivity contribution in [3.8, 4) is 0 Å². The smallest absolute Gasteiger partial charge is 0.322 e. The van der Waals surface area contributed by atoms with Crippen LogP contribution in [0.5, 0.6) is 0 Å². The molecule has 1 atom stereocenters. The summed E-state index contributed by atoms with van der Waals surface area (Å²) in [7, 11) is 1.62. The number of benzene rings is 2. The number of urea groups is 1. The first-order chi connectivity index (χ1) is 13.4. The Morgan fingerprint density at radius 1 is 1.07 bits per heavy atom. The Labute approximate surface area is 165 Å². The van der Waals surface area contributed by atoms with Crippen molar-refractivity contribution >= 4 is 23.2 Å². The van der Waals surface area contributed by atoms with Crippen LogP contribution in [0, 0.1) is 5.41 Å². The van der Waals surface area contributed by atoms with E-state index in [9.17, 15) is 9.59 Å². The molecule has 0 fully saturated rings. The highest BCUT2D eigenvalue weighted by atomic mass is 16.2. The van der Waals surface area contributed by atoms with Gasteiger partial charge in [0.15, 0.2) is 5.78 Å². The Hall–Kier alpha value is -3.08. The summed E-state index contributed by atoms with van der Waals surface area (Å²) in [6.07, 6.45) is 1.22. The second kappa shape index (κ2) is 6.82. The average molecular weight is 375 g/mol. The highest BCUT2D eigenvalue weighted by Crippen LogP contribution is 2.48. The molecule has 5 nitrogen and oxygen atoms in total. The molecule has 0 radical (unpaired) electrons. The first-order valence-electron chi connectivity index (χ1n) is 9.59. The van der Waals surface area contributed by atoms with E-state index in [0.29, 0.717) is 12.0 Å². The SMILES string of the molecule is CNC(=O)N1c2ccccc2NC2=C(C(=O)CC(C)(C)C2)[C@H]1c1ccccc1. The van der Waals surface area contributed by atoms with Gasteiger partial charge in [0.05, 0.1) is 17.4 Å². The van der Waals surface area contributed by atoms with Gasteiger partial charge in [0.1, 0.15) is 0 Å². The third-order valence-electron chi connectivity index (χ3n) is 5.45. The van der Waals surface area contributed by atoms with E-state index < -0.39 is 6.04 Å². The molecule has 1 heterocycles. The zero-order valence-electron chi connectivity index (χ0n) is 16.5. The van der Waals surface area contributed by atoms with Crippen molar-refractivity contribution in [3.63, 3.8) is 0 Å². The second-order valence-corrected chi connectivity index (χ2v) is 8.21. The number of hydrogen-bond acceptors (Lipinski definition) is 3. The molecular weight excluding hydrogens is 350 g/mol. The monoisotopic (exact) mass is 375 g/mol. The van der Waals surface area contributed by atoms with Crippen molar-refractivity contribution in [1.29, 1.82) is 0 Å². The summed E-state index contributed by atoms with van der Waals surface area (Å²) in [5.41, 5.74) is 3.99. The van der Waals surface area contributed by atoms with Gasteiger partial charge in [-0.1, -0.05) is 56.3 Å². The Morgan fingerprint density at radius 3 is 2.46 bits per heavy atom. The minimum absolute atomic E-state index is 0.0920. The quantitative estimate of drug-likeness (QED) is 0.763. The van der Waals surface area contributed by atoms with E-state index in [1.807, 2.05) is 54.6 Å². The van der Waals surface area contributed by atoms with Gasteiger partial charge < -0.3 is 10.6 Å². The lowest BCUT2D eigenvalue weighted by Crippen LogP contribution is -2.43. The summed E-state index contributed by atoms with van der Waals surface area (Å²) in [5, 5.41) is 6.25. The summed E-state index contributed by atoms with van der Waals surface area (Å²) < 4.78 is 0. The maximum Gasteiger partial charge on any atom is 0.322 e. The molecule has 2 aromatic rings. The molecule has 2 N–H and O–H groups in total. The molecule has 2 aromatic carbocycles. The van der Waals surface area contributed by atoms with E-state index in [2.05, 4.69) is 24.5 Å². The molecule has 0 spiro atoms. The molecule has 0 bridgehead atoms. The van der Waals surface area contributed by atoms with Gasteiger partial charge in [-0.3, -0.25) is 9.69 Å². The molecule has 1 aliphatic heterocycles. The first-order valence-corrected chi connectivity index (χ1v) is 9.59. The molecular formula is C23H25N3O2. The zero-order valence-corrected chi connectivity index (χ0v) is 16.5. The van der Waals surface area contributed by atoms with E-state index in [-0.39, 0.29) is 17.2 Å². The topological polar surface area (TPSA) is 61.4 Å². The largest absolute Gasteiger partial charge is 0.357 e. The van der Waals surface area contributed by atoms with Gasteiger partial charge in [0, 0.05) is 24.7 Å². The van der Waals surface area contributed by atoms with Gasteiger partial charge in [-0.05, 0) is 29.5 Å². The lowest BCUT2D eigenvalue weighted by molar-refractivity contribution is -0.118. The van der Waals surface area contributed by atoms with E-state index in [1.54, 1.807) is 11.9 Å². The lowest BCUT2D eigenvalue weighted by atomic mass is 9.73. The Morgan fingerprint density at radius 2 is 1.75 bits per heavy atom. The number of nitrogens with zero attached hydrogens (tertiary/aromatic N) is 1. The van der Waals surface area contributed by atoms with E-state index >= 15 is 0 Å². The van der Waals surface area contributed by atoms with Crippen LogP contribution in [-0.2, 0) is 4.79 Å². The maximum atomic E-state index is 13.3. The van der Waals surface area contributed by atoms with Crippen LogP contribution < -0.4 is 15.5 Å². The highest BCUT2D eigenvalue weighted by Gasteiger charge is 2.43. The number of Topliss-reactive ketones (excluding diaryl/α,β-unsaturated/α-hetero) is 1. The molecule has 28 heavy (non-hydrogen) atoms. The molecule has 0 saturated carbocycles. The summed E-state index contributed by atoms with van der Waals surface area (Å²) in [6.45, 7) is 4.22. The minimum Gasteiger partial charge on any atom is -0.357 e. The van der Waals surface area contributed by atoms with Crippen LogP contribution in [0.4, 0.5) is 16.2 Å². The fraction of sp³-hybridized carbons (Fsp3) is 0.304. The fourth-order valence-electron chi connectivity index (χ4n) is 4.28. The van der Waals surface area contributed by atoms with Gasteiger partial charge >= 0.3 is 6.03 Å². The van der Waals surface area contributed by atoms with Gasteiger partial charge in [0.25, 0.3) is 0 Å².